The number of rotatable bonds is 6. The molecule has 6 nitrogen and oxygen atoms in total. The van der Waals surface area contributed by atoms with Crippen molar-refractivity contribution in [2.75, 3.05) is 6.61 Å². The summed E-state index contributed by atoms with van der Waals surface area (Å²) in [7, 11) is 0. The first-order valence-electron chi connectivity index (χ1n) is 9.27. The minimum atomic E-state index is -1.36. The number of aliphatic carboxylic acids is 1. The van der Waals surface area contributed by atoms with E-state index in [4.69, 9.17) is 10.5 Å². The van der Waals surface area contributed by atoms with Crippen LogP contribution in [0.15, 0.2) is 54.6 Å². The number of primary amides is 1. The van der Waals surface area contributed by atoms with E-state index in [0.29, 0.717) is 28.6 Å². The molecule has 0 aliphatic rings. The van der Waals surface area contributed by atoms with Crippen molar-refractivity contribution in [3.63, 3.8) is 0 Å². The van der Waals surface area contributed by atoms with Crippen LogP contribution in [0, 0.1) is 12.7 Å². The third-order valence-electron chi connectivity index (χ3n) is 4.94. The second-order valence-corrected chi connectivity index (χ2v) is 7.10. The molecular weight excluding hydrogens is 410 g/mol. The van der Waals surface area contributed by atoms with Crippen molar-refractivity contribution in [2.45, 2.75) is 13.5 Å². The number of benzene rings is 3. The Kier molecular flexibility index (Phi) is 6.69. The molecule has 0 aliphatic heterocycles. The number of halogens is 1. The number of amides is 1. The summed E-state index contributed by atoms with van der Waals surface area (Å²) < 4.78 is 21.2. The first-order chi connectivity index (χ1) is 14.3. The molecule has 3 aromatic carbocycles. The van der Waals surface area contributed by atoms with Gasteiger partial charge in [-0.15, -0.1) is 0 Å². The van der Waals surface area contributed by atoms with Gasteiger partial charge in [-0.25, -0.2) is 4.39 Å². The van der Waals surface area contributed by atoms with Crippen LogP contribution in [0.4, 0.5) is 4.39 Å². The Morgan fingerprint density at radius 1 is 1.06 bits per heavy atom. The Labute approximate surface area is 199 Å². The SMILES string of the molecule is Cc1cc(OCC(=O)[O-])c2c3c(C(N)=O)cccc3n(Cc3cccc(F)c3)c2c1.[Na+]. The smallest absolute Gasteiger partial charge is 0.546 e. The van der Waals surface area contributed by atoms with Gasteiger partial charge in [-0.1, -0.05) is 18.2 Å². The molecule has 0 radical (unpaired) electrons. The molecule has 31 heavy (non-hydrogen) atoms. The maximum Gasteiger partial charge on any atom is 1.00 e. The zero-order valence-electron chi connectivity index (χ0n) is 17.1. The number of hydrogen-bond acceptors (Lipinski definition) is 4. The normalized spacial score (nSPS) is 10.8. The molecule has 4 rings (SSSR count). The van der Waals surface area contributed by atoms with E-state index in [0.717, 1.165) is 16.6 Å². The number of fused-ring (bicyclic) bond motifs is 3. The fraction of sp³-hybridized carbons (Fsp3) is 0.130. The van der Waals surface area contributed by atoms with E-state index >= 15 is 0 Å². The van der Waals surface area contributed by atoms with E-state index in [1.165, 1.54) is 12.1 Å². The fourth-order valence-electron chi connectivity index (χ4n) is 3.80. The van der Waals surface area contributed by atoms with Crippen molar-refractivity contribution in [3.8, 4) is 5.75 Å². The summed E-state index contributed by atoms with van der Waals surface area (Å²) in [6.07, 6.45) is 0. The quantitative estimate of drug-likeness (QED) is 0.420. The molecule has 4 aromatic rings. The predicted octanol–water partition coefficient (Wildman–Crippen LogP) is -0.478. The van der Waals surface area contributed by atoms with E-state index in [2.05, 4.69) is 0 Å². The van der Waals surface area contributed by atoms with Gasteiger partial charge in [0.15, 0.2) is 0 Å². The van der Waals surface area contributed by atoms with Crippen LogP contribution in [0.5, 0.6) is 5.75 Å². The number of aromatic nitrogens is 1. The van der Waals surface area contributed by atoms with Crippen LogP contribution in [0.25, 0.3) is 21.8 Å². The molecule has 2 N–H and O–H groups in total. The number of nitrogens with zero attached hydrogens (tertiary/aromatic N) is 1. The molecule has 0 fully saturated rings. The Bertz CT molecular complexity index is 1320. The van der Waals surface area contributed by atoms with Crippen LogP contribution in [0.3, 0.4) is 0 Å². The zero-order chi connectivity index (χ0) is 21.4. The molecule has 0 spiro atoms. The van der Waals surface area contributed by atoms with Gasteiger partial charge in [0.05, 0.1) is 22.4 Å². The van der Waals surface area contributed by atoms with Crippen molar-refractivity contribution in [2.24, 2.45) is 5.73 Å². The number of aryl methyl sites for hydroxylation is 1. The number of nitrogens with two attached hydrogens (primary N) is 1. The number of hydrogen-bond donors (Lipinski definition) is 1. The molecule has 1 amide bonds. The van der Waals surface area contributed by atoms with Crippen LogP contribution in [-0.2, 0) is 11.3 Å². The van der Waals surface area contributed by atoms with Gasteiger partial charge in [-0.05, 0) is 54.4 Å². The molecular formula is C23H18FN2NaO4. The van der Waals surface area contributed by atoms with Crippen LogP contribution in [0.1, 0.15) is 21.5 Å². The van der Waals surface area contributed by atoms with Gasteiger partial charge < -0.3 is 24.9 Å². The Balaban J connectivity index is 0.00000272. The Morgan fingerprint density at radius 2 is 1.81 bits per heavy atom. The fourth-order valence-corrected chi connectivity index (χ4v) is 3.80. The molecule has 0 saturated heterocycles. The van der Waals surface area contributed by atoms with Crippen LogP contribution >= 0.6 is 0 Å². The van der Waals surface area contributed by atoms with E-state index < -0.39 is 18.5 Å². The number of ether oxygens (including phenoxy) is 1. The summed E-state index contributed by atoms with van der Waals surface area (Å²) in [4.78, 5) is 23.1. The standard InChI is InChI=1S/C23H19FN2O4.Na/c1-13-8-18-22(19(9-13)30-12-20(27)28)21-16(23(25)29)6-3-7-17(21)26(18)11-14-4-2-5-15(24)10-14;/h2-10H,11-12H2,1H3,(H2,25,29)(H,27,28);/q;+1/p-1. The molecule has 0 bridgehead atoms. The van der Waals surface area contributed by atoms with E-state index in [-0.39, 0.29) is 40.9 Å². The second-order valence-electron chi connectivity index (χ2n) is 7.10. The third kappa shape index (κ3) is 4.44. The van der Waals surface area contributed by atoms with Gasteiger partial charge >= 0.3 is 29.6 Å². The average molecular weight is 428 g/mol. The molecule has 0 atom stereocenters. The third-order valence-corrected chi connectivity index (χ3v) is 4.94. The zero-order valence-corrected chi connectivity index (χ0v) is 19.1. The molecule has 1 heterocycles. The largest absolute Gasteiger partial charge is 1.00 e. The van der Waals surface area contributed by atoms with Crippen molar-refractivity contribution < 1.29 is 53.4 Å². The monoisotopic (exact) mass is 428 g/mol. The summed E-state index contributed by atoms with van der Waals surface area (Å²) in [6.45, 7) is 1.56. The molecule has 0 unspecified atom stereocenters. The summed E-state index contributed by atoms with van der Waals surface area (Å²) >= 11 is 0. The van der Waals surface area contributed by atoms with Crippen LogP contribution in [-0.4, -0.2) is 23.1 Å². The van der Waals surface area contributed by atoms with Crippen molar-refractivity contribution in [3.05, 3.63) is 77.1 Å². The molecule has 152 valence electrons. The Morgan fingerprint density at radius 3 is 2.48 bits per heavy atom. The molecule has 0 saturated carbocycles. The summed E-state index contributed by atoms with van der Waals surface area (Å²) in [5, 5.41) is 12.1. The van der Waals surface area contributed by atoms with E-state index in [9.17, 15) is 19.1 Å². The van der Waals surface area contributed by atoms with Gasteiger partial charge in [0.25, 0.3) is 0 Å². The predicted molar refractivity (Wildman–Crippen MR) is 109 cm³/mol. The van der Waals surface area contributed by atoms with Gasteiger partial charge in [0.2, 0.25) is 5.91 Å². The number of carboxylic acid groups (broad SMARTS) is 1. The first kappa shape index (κ1) is 22.8. The van der Waals surface area contributed by atoms with Crippen molar-refractivity contribution in [1.29, 1.82) is 0 Å². The van der Waals surface area contributed by atoms with Crippen LogP contribution in [0.2, 0.25) is 0 Å². The van der Waals surface area contributed by atoms with Gasteiger partial charge in [-0.2, -0.15) is 0 Å². The average Bonchev–Trinajstić information content (AvgIpc) is 2.99. The van der Waals surface area contributed by atoms with Gasteiger partial charge in [0.1, 0.15) is 18.2 Å². The van der Waals surface area contributed by atoms with Crippen molar-refractivity contribution >= 4 is 33.7 Å². The second kappa shape index (κ2) is 9.09. The maximum atomic E-state index is 13.7. The van der Waals surface area contributed by atoms with Crippen molar-refractivity contribution in [1.82, 2.24) is 4.57 Å². The number of carboxylic acids is 1. The summed E-state index contributed by atoms with van der Waals surface area (Å²) in [5.41, 5.74) is 8.89. The summed E-state index contributed by atoms with van der Waals surface area (Å²) in [6, 6.07) is 15.0. The summed E-state index contributed by atoms with van der Waals surface area (Å²) in [5.74, 6) is -2.01. The molecule has 8 heteroatoms. The topological polar surface area (TPSA) is 97.4 Å². The van der Waals surface area contributed by atoms with E-state index in [1.54, 1.807) is 24.3 Å². The van der Waals surface area contributed by atoms with E-state index in [1.807, 2.05) is 29.7 Å². The maximum absolute atomic E-state index is 13.7. The number of carbonyl (C=O) groups is 2. The first-order valence-corrected chi connectivity index (χ1v) is 9.27. The van der Waals surface area contributed by atoms with Gasteiger partial charge in [-0.3, -0.25) is 4.79 Å². The Hall–Kier alpha value is -2.87. The van der Waals surface area contributed by atoms with Crippen LogP contribution < -0.4 is 45.1 Å². The minimum Gasteiger partial charge on any atom is -0.546 e. The number of carbonyl (C=O) groups excluding carboxylic acids is 2. The van der Waals surface area contributed by atoms with Gasteiger partial charge in [0, 0.05) is 17.5 Å². The molecule has 0 aliphatic carbocycles. The minimum absolute atomic E-state index is 0. The molecule has 1 aromatic heterocycles.